The minimum atomic E-state index is -1.22. The van der Waals surface area contributed by atoms with E-state index in [1.54, 1.807) is 24.3 Å². The maximum Gasteiger partial charge on any atom is 0.362 e. The average molecular weight is 359 g/mol. The van der Waals surface area contributed by atoms with Crippen LogP contribution in [-0.4, -0.2) is 36.3 Å². The van der Waals surface area contributed by atoms with Crippen LogP contribution in [0.3, 0.4) is 0 Å². The number of nitrogens with one attached hydrogen (secondary N) is 1. The standard InChI is InChI=1S/C19H13N5O3/c1-24-16-10-13(4-7-14(16)11-20-24)3-2-12-5-8-15(9-6-12)27-18-17(19(25)26)21-23-22-18/h4-11H,1H3,(H,25,26)(H,21,22,23). The molecule has 0 fully saturated rings. The number of fused-ring (bicyclic) bond motifs is 1. The van der Waals surface area contributed by atoms with Crippen molar-refractivity contribution < 1.29 is 14.6 Å². The first-order valence-electron chi connectivity index (χ1n) is 7.96. The summed E-state index contributed by atoms with van der Waals surface area (Å²) in [5.41, 5.74) is 2.44. The zero-order valence-electron chi connectivity index (χ0n) is 14.2. The van der Waals surface area contributed by atoms with Crippen LogP contribution >= 0.6 is 0 Å². The Hall–Kier alpha value is -4.12. The number of nitrogens with zero attached hydrogens (tertiary/aromatic N) is 4. The van der Waals surface area contributed by atoms with Gasteiger partial charge in [0, 0.05) is 23.6 Å². The van der Waals surface area contributed by atoms with Gasteiger partial charge in [-0.2, -0.15) is 5.10 Å². The minimum absolute atomic E-state index is 0.0224. The molecule has 27 heavy (non-hydrogen) atoms. The van der Waals surface area contributed by atoms with Gasteiger partial charge < -0.3 is 9.84 Å². The molecule has 2 N–H and O–H groups in total. The number of carbonyl (C=O) groups is 1. The van der Waals surface area contributed by atoms with Crippen molar-refractivity contribution in [3.63, 3.8) is 0 Å². The van der Waals surface area contributed by atoms with Crippen molar-refractivity contribution in [2.75, 3.05) is 0 Å². The topological polar surface area (TPSA) is 106 Å². The highest BCUT2D eigenvalue weighted by Gasteiger charge is 2.16. The number of ether oxygens (including phenoxy) is 1. The highest BCUT2D eigenvalue weighted by Crippen LogP contribution is 2.22. The largest absolute Gasteiger partial charge is 0.476 e. The van der Waals surface area contributed by atoms with Crippen LogP contribution in [0.2, 0.25) is 0 Å². The number of hydrogen-bond acceptors (Lipinski definition) is 5. The first-order chi connectivity index (χ1) is 13.1. The third-order valence-electron chi connectivity index (χ3n) is 3.89. The van der Waals surface area contributed by atoms with E-state index in [2.05, 4.69) is 32.4 Å². The molecule has 0 aliphatic heterocycles. The Morgan fingerprint density at radius 3 is 2.67 bits per heavy atom. The SMILES string of the molecule is Cn1ncc2ccc(C#Cc3ccc(Oc4[nH]nnc4C(=O)O)cc3)cc21. The van der Waals surface area contributed by atoms with Gasteiger partial charge in [-0.25, -0.2) is 9.89 Å². The van der Waals surface area contributed by atoms with E-state index in [-0.39, 0.29) is 11.6 Å². The zero-order valence-corrected chi connectivity index (χ0v) is 14.2. The number of carboxylic acid groups (broad SMARTS) is 1. The van der Waals surface area contributed by atoms with Gasteiger partial charge in [0.25, 0.3) is 5.88 Å². The molecule has 132 valence electrons. The molecule has 0 unspecified atom stereocenters. The second-order valence-corrected chi connectivity index (χ2v) is 5.71. The van der Waals surface area contributed by atoms with Gasteiger partial charge in [0.05, 0.1) is 11.7 Å². The average Bonchev–Trinajstić information content (AvgIpc) is 3.28. The summed E-state index contributed by atoms with van der Waals surface area (Å²) >= 11 is 0. The number of benzene rings is 2. The lowest BCUT2D eigenvalue weighted by Gasteiger charge is -2.02. The van der Waals surface area contributed by atoms with Crippen molar-refractivity contribution in [3.05, 3.63) is 65.5 Å². The first-order valence-corrected chi connectivity index (χ1v) is 7.96. The summed E-state index contributed by atoms with van der Waals surface area (Å²) in [4.78, 5) is 11.0. The van der Waals surface area contributed by atoms with Crippen LogP contribution in [0, 0.1) is 11.8 Å². The summed E-state index contributed by atoms with van der Waals surface area (Å²) in [6.45, 7) is 0. The molecule has 8 heteroatoms. The number of carboxylic acids is 1. The Labute approximate surface area is 153 Å². The van der Waals surface area contributed by atoms with Gasteiger partial charge >= 0.3 is 5.97 Å². The molecule has 0 spiro atoms. The number of hydrogen-bond donors (Lipinski definition) is 2. The van der Waals surface area contributed by atoms with Gasteiger partial charge in [-0.15, -0.1) is 5.10 Å². The van der Waals surface area contributed by atoms with E-state index in [1.165, 1.54) is 0 Å². The Morgan fingerprint density at radius 2 is 1.89 bits per heavy atom. The van der Waals surface area contributed by atoms with Crippen molar-refractivity contribution in [2.45, 2.75) is 0 Å². The van der Waals surface area contributed by atoms with Crippen LogP contribution in [0.4, 0.5) is 0 Å². The number of aromatic carboxylic acids is 1. The number of rotatable bonds is 3. The second-order valence-electron chi connectivity index (χ2n) is 5.71. The molecule has 2 heterocycles. The predicted molar refractivity (Wildman–Crippen MR) is 96.6 cm³/mol. The van der Waals surface area contributed by atoms with Crippen LogP contribution in [-0.2, 0) is 7.05 Å². The number of H-pyrrole nitrogens is 1. The van der Waals surface area contributed by atoms with E-state index < -0.39 is 5.97 Å². The van der Waals surface area contributed by atoms with Gasteiger partial charge in [-0.3, -0.25) is 4.68 Å². The number of aromatic nitrogens is 5. The molecule has 0 aliphatic carbocycles. The minimum Gasteiger partial charge on any atom is -0.476 e. The molecule has 0 radical (unpaired) electrons. The van der Waals surface area contributed by atoms with E-state index in [0.29, 0.717) is 5.75 Å². The molecule has 4 rings (SSSR count). The zero-order chi connectivity index (χ0) is 18.8. The van der Waals surface area contributed by atoms with E-state index in [4.69, 9.17) is 9.84 Å². The highest BCUT2D eigenvalue weighted by molar-refractivity contribution is 5.87. The Balaban J connectivity index is 1.52. The van der Waals surface area contributed by atoms with Gasteiger partial charge in [0.2, 0.25) is 5.69 Å². The lowest BCUT2D eigenvalue weighted by molar-refractivity contribution is 0.0687. The number of aryl methyl sites for hydroxylation is 1. The fraction of sp³-hybridized carbons (Fsp3) is 0.0526. The lowest BCUT2D eigenvalue weighted by Crippen LogP contribution is -1.99. The first kappa shape index (κ1) is 16.4. The fourth-order valence-corrected chi connectivity index (χ4v) is 2.52. The van der Waals surface area contributed by atoms with Crippen molar-refractivity contribution in [1.82, 2.24) is 25.2 Å². The fourth-order valence-electron chi connectivity index (χ4n) is 2.52. The van der Waals surface area contributed by atoms with Crippen LogP contribution in [0.1, 0.15) is 21.6 Å². The molecule has 0 saturated carbocycles. The summed E-state index contributed by atoms with van der Waals surface area (Å²) in [5, 5.41) is 23.6. The Bertz CT molecular complexity index is 1200. The normalized spacial score (nSPS) is 10.4. The monoisotopic (exact) mass is 359 g/mol. The predicted octanol–water partition coefficient (Wildman–Crippen LogP) is 2.58. The highest BCUT2D eigenvalue weighted by atomic mass is 16.5. The smallest absolute Gasteiger partial charge is 0.362 e. The molecule has 2 aromatic heterocycles. The summed E-state index contributed by atoms with van der Waals surface area (Å²) in [5.74, 6) is 5.43. The Kier molecular flexibility index (Phi) is 4.03. The molecular weight excluding hydrogens is 346 g/mol. The third kappa shape index (κ3) is 3.34. The van der Waals surface area contributed by atoms with Crippen LogP contribution < -0.4 is 4.74 Å². The third-order valence-corrected chi connectivity index (χ3v) is 3.89. The quantitative estimate of drug-likeness (QED) is 0.545. The summed E-state index contributed by atoms with van der Waals surface area (Å²) < 4.78 is 7.27. The maximum absolute atomic E-state index is 11.0. The molecule has 0 bridgehead atoms. The molecule has 0 saturated heterocycles. The van der Waals surface area contributed by atoms with Gasteiger partial charge in [0.15, 0.2) is 0 Å². The van der Waals surface area contributed by atoms with Crippen molar-refractivity contribution in [1.29, 1.82) is 0 Å². The second kappa shape index (κ2) is 6.65. The molecule has 0 amide bonds. The summed E-state index contributed by atoms with van der Waals surface area (Å²) in [6.07, 6.45) is 1.82. The Morgan fingerprint density at radius 1 is 1.15 bits per heavy atom. The molecule has 4 aromatic rings. The van der Waals surface area contributed by atoms with Crippen LogP contribution in [0.5, 0.6) is 11.6 Å². The van der Waals surface area contributed by atoms with E-state index in [9.17, 15) is 4.79 Å². The van der Waals surface area contributed by atoms with E-state index >= 15 is 0 Å². The molecule has 8 nitrogen and oxygen atoms in total. The lowest BCUT2D eigenvalue weighted by atomic mass is 10.1. The molecule has 0 atom stereocenters. The van der Waals surface area contributed by atoms with Gasteiger partial charge in [-0.05, 0) is 42.5 Å². The van der Waals surface area contributed by atoms with Crippen molar-refractivity contribution in [2.24, 2.45) is 7.05 Å². The summed E-state index contributed by atoms with van der Waals surface area (Å²) in [7, 11) is 1.89. The van der Waals surface area contributed by atoms with Gasteiger partial charge in [-0.1, -0.05) is 17.1 Å². The van der Waals surface area contributed by atoms with Crippen LogP contribution in [0.15, 0.2) is 48.7 Å². The van der Waals surface area contributed by atoms with E-state index in [1.807, 2.05) is 36.1 Å². The maximum atomic E-state index is 11.0. The molecule has 0 aliphatic rings. The van der Waals surface area contributed by atoms with Gasteiger partial charge in [0.1, 0.15) is 5.75 Å². The van der Waals surface area contributed by atoms with Crippen LogP contribution in [0.25, 0.3) is 10.9 Å². The molecule has 2 aromatic carbocycles. The molecular formula is C19H13N5O3. The number of aromatic amines is 1. The van der Waals surface area contributed by atoms with E-state index in [0.717, 1.165) is 22.0 Å². The van der Waals surface area contributed by atoms with Crippen molar-refractivity contribution >= 4 is 16.9 Å². The van der Waals surface area contributed by atoms with Crippen molar-refractivity contribution in [3.8, 4) is 23.5 Å². The summed E-state index contributed by atoms with van der Waals surface area (Å²) in [6, 6.07) is 12.9.